The Labute approximate surface area is 180 Å². The van der Waals surface area contributed by atoms with Crippen molar-refractivity contribution in [1.29, 1.82) is 0 Å². The summed E-state index contributed by atoms with van der Waals surface area (Å²) in [5, 5.41) is 0. The van der Waals surface area contributed by atoms with Crippen LogP contribution in [0.3, 0.4) is 0 Å². The third kappa shape index (κ3) is 4.86. The Bertz CT molecular complexity index is 755. The van der Waals surface area contributed by atoms with Gasteiger partial charge in [-0.05, 0) is 39.2 Å². The maximum Gasteiger partial charge on any atom is 0.228 e. The van der Waals surface area contributed by atoms with E-state index in [1.54, 1.807) is 0 Å². The summed E-state index contributed by atoms with van der Waals surface area (Å²) in [6, 6.07) is 8.54. The topological polar surface area (TPSA) is 53.1 Å². The summed E-state index contributed by atoms with van der Waals surface area (Å²) >= 11 is 0. The summed E-state index contributed by atoms with van der Waals surface area (Å²) < 4.78 is 5.85. The molecule has 0 unspecified atom stereocenters. The molecule has 0 aromatic heterocycles. The lowest BCUT2D eigenvalue weighted by atomic mass is 10.1. The standard InChI is InChI=1S/C24H35N3O3/c1-17-6-8-20(9-7-17)14-26-15-21(11-23(26)28)24(29)27-10-4-5-22(27)16-25-12-18(2)30-19(3)13-25/h6-9,18-19,21-22H,4-5,10-16H2,1-3H3/t18-,19+,21-,22+/m1/s1. The van der Waals surface area contributed by atoms with Gasteiger partial charge in [0.2, 0.25) is 11.8 Å². The van der Waals surface area contributed by atoms with Gasteiger partial charge in [-0.2, -0.15) is 0 Å². The number of hydrogen-bond donors (Lipinski definition) is 0. The van der Waals surface area contributed by atoms with Crippen molar-refractivity contribution in [2.45, 2.75) is 64.8 Å². The van der Waals surface area contributed by atoms with Crippen LogP contribution < -0.4 is 0 Å². The molecule has 6 nitrogen and oxygen atoms in total. The van der Waals surface area contributed by atoms with E-state index >= 15 is 0 Å². The minimum Gasteiger partial charge on any atom is -0.373 e. The minimum atomic E-state index is -0.203. The molecule has 4 rings (SSSR count). The molecule has 1 aromatic carbocycles. The van der Waals surface area contributed by atoms with Gasteiger partial charge in [-0.1, -0.05) is 29.8 Å². The number of rotatable bonds is 5. The minimum absolute atomic E-state index is 0.0977. The van der Waals surface area contributed by atoms with Crippen LogP contribution in [-0.2, 0) is 20.9 Å². The Morgan fingerprint density at radius 3 is 2.50 bits per heavy atom. The molecular formula is C24H35N3O3. The van der Waals surface area contributed by atoms with E-state index in [2.05, 4.69) is 54.8 Å². The zero-order valence-electron chi connectivity index (χ0n) is 18.5. The third-order valence-corrected chi connectivity index (χ3v) is 6.68. The molecule has 0 spiro atoms. The van der Waals surface area contributed by atoms with Gasteiger partial charge in [0.05, 0.1) is 18.1 Å². The number of nitrogens with zero attached hydrogens (tertiary/aromatic N) is 3. The average Bonchev–Trinajstić information content (AvgIpc) is 3.29. The monoisotopic (exact) mass is 413 g/mol. The van der Waals surface area contributed by atoms with Gasteiger partial charge in [0.25, 0.3) is 0 Å². The van der Waals surface area contributed by atoms with Crippen molar-refractivity contribution < 1.29 is 14.3 Å². The number of aryl methyl sites for hydroxylation is 1. The molecule has 0 radical (unpaired) electrons. The molecule has 30 heavy (non-hydrogen) atoms. The number of amides is 2. The quantitative estimate of drug-likeness (QED) is 0.744. The highest BCUT2D eigenvalue weighted by atomic mass is 16.5. The summed E-state index contributed by atoms with van der Waals surface area (Å²) in [4.78, 5) is 32.3. The Kier molecular flexibility index (Phi) is 6.44. The number of carbonyl (C=O) groups is 2. The van der Waals surface area contributed by atoms with E-state index in [0.29, 0.717) is 19.5 Å². The largest absolute Gasteiger partial charge is 0.373 e. The lowest BCUT2D eigenvalue weighted by molar-refractivity contribution is -0.137. The van der Waals surface area contributed by atoms with E-state index in [9.17, 15) is 9.59 Å². The van der Waals surface area contributed by atoms with Crippen molar-refractivity contribution >= 4 is 11.8 Å². The van der Waals surface area contributed by atoms with Gasteiger partial charge >= 0.3 is 0 Å². The van der Waals surface area contributed by atoms with Gasteiger partial charge in [0.1, 0.15) is 0 Å². The molecule has 0 saturated carbocycles. The molecule has 3 aliphatic rings. The first-order valence-electron chi connectivity index (χ1n) is 11.4. The zero-order chi connectivity index (χ0) is 21.3. The molecule has 6 heteroatoms. The summed E-state index contributed by atoms with van der Waals surface area (Å²) in [6.07, 6.45) is 2.93. The normalized spacial score (nSPS) is 30.3. The first-order chi connectivity index (χ1) is 14.4. The van der Waals surface area contributed by atoms with Crippen LogP contribution in [0.25, 0.3) is 0 Å². The maximum atomic E-state index is 13.3. The van der Waals surface area contributed by atoms with Gasteiger partial charge in [-0.3, -0.25) is 14.5 Å². The van der Waals surface area contributed by atoms with Crippen LogP contribution in [0.5, 0.6) is 0 Å². The van der Waals surface area contributed by atoms with Crippen LogP contribution in [-0.4, -0.2) is 77.5 Å². The Balaban J connectivity index is 1.35. The van der Waals surface area contributed by atoms with E-state index in [4.69, 9.17) is 4.74 Å². The van der Waals surface area contributed by atoms with Crippen LogP contribution in [0.4, 0.5) is 0 Å². The van der Waals surface area contributed by atoms with Crippen molar-refractivity contribution in [3.05, 3.63) is 35.4 Å². The molecule has 1 aromatic rings. The van der Waals surface area contributed by atoms with Crippen LogP contribution in [0, 0.1) is 12.8 Å². The number of morpholine rings is 1. The Morgan fingerprint density at radius 2 is 1.80 bits per heavy atom. The first kappa shape index (κ1) is 21.3. The molecule has 3 aliphatic heterocycles. The molecule has 4 atom stereocenters. The van der Waals surface area contributed by atoms with E-state index < -0.39 is 0 Å². The van der Waals surface area contributed by atoms with E-state index in [0.717, 1.165) is 44.6 Å². The Hall–Kier alpha value is -1.92. The average molecular weight is 414 g/mol. The van der Waals surface area contributed by atoms with Crippen molar-refractivity contribution in [3.8, 4) is 0 Å². The molecular weight excluding hydrogens is 378 g/mol. The van der Waals surface area contributed by atoms with Gasteiger partial charge in [-0.15, -0.1) is 0 Å². The molecule has 3 saturated heterocycles. The fraction of sp³-hybridized carbons (Fsp3) is 0.667. The molecule has 3 heterocycles. The van der Waals surface area contributed by atoms with Gasteiger partial charge < -0.3 is 14.5 Å². The number of likely N-dealkylation sites (tertiary alicyclic amines) is 2. The second-order valence-corrected chi connectivity index (χ2v) is 9.46. The second-order valence-electron chi connectivity index (χ2n) is 9.46. The SMILES string of the molecule is Cc1ccc(CN2C[C@H](C(=O)N3CCC[C@H]3CN3C[C@@H](C)O[C@@H](C)C3)CC2=O)cc1. The molecule has 164 valence electrons. The number of hydrogen-bond acceptors (Lipinski definition) is 4. The highest BCUT2D eigenvalue weighted by molar-refractivity contribution is 5.89. The summed E-state index contributed by atoms with van der Waals surface area (Å²) in [6.45, 7) is 11.0. The summed E-state index contributed by atoms with van der Waals surface area (Å²) in [7, 11) is 0. The zero-order valence-corrected chi connectivity index (χ0v) is 18.5. The molecule has 0 bridgehead atoms. The van der Waals surface area contributed by atoms with Crippen LogP contribution in [0.2, 0.25) is 0 Å². The van der Waals surface area contributed by atoms with Gasteiger partial charge in [-0.25, -0.2) is 0 Å². The fourth-order valence-electron chi connectivity index (χ4n) is 5.29. The second kappa shape index (κ2) is 9.06. The lowest BCUT2D eigenvalue weighted by Gasteiger charge is -2.38. The fourth-order valence-corrected chi connectivity index (χ4v) is 5.29. The van der Waals surface area contributed by atoms with E-state index in [-0.39, 0.29) is 36.0 Å². The van der Waals surface area contributed by atoms with Crippen LogP contribution in [0.1, 0.15) is 44.2 Å². The number of ether oxygens (including phenoxy) is 1. The summed E-state index contributed by atoms with van der Waals surface area (Å²) in [5.74, 6) is 0.0678. The molecule has 3 fully saturated rings. The molecule has 2 amide bonds. The van der Waals surface area contributed by atoms with Gasteiger partial charge in [0, 0.05) is 51.7 Å². The van der Waals surface area contributed by atoms with Crippen molar-refractivity contribution in [3.63, 3.8) is 0 Å². The highest BCUT2D eigenvalue weighted by Crippen LogP contribution is 2.27. The van der Waals surface area contributed by atoms with Crippen LogP contribution in [0.15, 0.2) is 24.3 Å². The predicted octanol–water partition coefficient (Wildman–Crippen LogP) is 2.44. The van der Waals surface area contributed by atoms with E-state index in [1.165, 1.54) is 5.56 Å². The summed E-state index contributed by atoms with van der Waals surface area (Å²) in [5.41, 5.74) is 2.33. The molecule has 0 aliphatic carbocycles. The number of carbonyl (C=O) groups excluding carboxylic acids is 2. The number of benzene rings is 1. The van der Waals surface area contributed by atoms with Crippen molar-refractivity contribution in [1.82, 2.24) is 14.7 Å². The predicted molar refractivity (Wildman–Crippen MR) is 116 cm³/mol. The highest BCUT2D eigenvalue weighted by Gasteiger charge is 2.40. The third-order valence-electron chi connectivity index (χ3n) is 6.68. The smallest absolute Gasteiger partial charge is 0.228 e. The lowest BCUT2D eigenvalue weighted by Crippen LogP contribution is -2.51. The molecule has 0 N–H and O–H groups in total. The maximum absolute atomic E-state index is 13.3. The van der Waals surface area contributed by atoms with Gasteiger partial charge in [0.15, 0.2) is 0 Å². The Morgan fingerprint density at radius 1 is 1.10 bits per heavy atom. The van der Waals surface area contributed by atoms with Crippen molar-refractivity contribution in [2.24, 2.45) is 5.92 Å². The first-order valence-corrected chi connectivity index (χ1v) is 11.4. The van der Waals surface area contributed by atoms with Crippen molar-refractivity contribution in [2.75, 3.05) is 32.7 Å². The van der Waals surface area contributed by atoms with Crippen LogP contribution >= 0.6 is 0 Å². The van der Waals surface area contributed by atoms with E-state index in [1.807, 2.05) is 4.90 Å².